The standard InChI is InChI=1S/C22H23N5O2S/c1-2-5-20-18(4-1)22(25-30-20)27-11-9-26(10-12-27)8-3-13-28-21-7-6-17(14-24-21)19-15-23-16-29-19/h1-2,4-7,14-16H,3,8-13H2. The Morgan fingerprint density at radius 2 is 1.93 bits per heavy atom. The molecule has 4 heterocycles. The van der Waals surface area contributed by atoms with Gasteiger partial charge in [-0.3, -0.25) is 4.90 Å². The van der Waals surface area contributed by atoms with Crippen molar-refractivity contribution in [1.82, 2.24) is 19.2 Å². The highest BCUT2D eigenvalue weighted by Crippen LogP contribution is 2.29. The van der Waals surface area contributed by atoms with Gasteiger partial charge in [-0.05, 0) is 36.2 Å². The van der Waals surface area contributed by atoms with Gasteiger partial charge in [0, 0.05) is 55.9 Å². The lowest BCUT2D eigenvalue weighted by Crippen LogP contribution is -2.47. The van der Waals surface area contributed by atoms with Crippen LogP contribution < -0.4 is 9.64 Å². The van der Waals surface area contributed by atoms with E-state index in [1.165, 1.54) is 16.5 Å². The molecule has 0 atom stereocenters. The minimum Gasteiger partial charge on any atom is -0.478 e. The normalized spacial score (nSPS) is 15.0. The quantitative estimate of drug-likeness (QED) is 0.419. The summed E-state index contributed by atoms with van der Waals surface area (Å²) in [4.78, 5) is 13.2. The Balaban J connectivity index is 1.05. The third-order valence-electron chi connectivity index (χ3n) is 5.35. The lowest BCUT2D eigenvalue weighted by atomic mass is 10.2. The van der Waals surface area contributed by atoms with Crippen molar-refractivity contribution in [2.75, 3.05) is 44.2 Å². The molecule has 4 aromatic rings. The van der Waals surface area contributed by atoms with E-state index in [1.807, 2.05) is 12.1 Å². The third kappa shape index (κ3) is 4.15. The van der Waals surface area contributed by atoms with Gasteiger partial charge in [-0.1, -0.05) is 12.1 Å². The highest BCUT2D eigenvalue weighted by molar-refractivity contribution is 7.13. The molecule has 0 amide bonds. The van der Waals surface area contributed by atoms with Crippen LogP contribution in [-0.4, -0.2) is 58.6 Å². The molecule has 0 bridgehead atoms. The van der Waals surface area contributed by atoms with Gasteiger partial charge in [0.05, 0.1) is 17.5 Å². The van der Waals surface area contributed by atoms with E-state index < -0.39 is 0 Å². The maximum absolute atomic E-state index is 5.79. The van der Waals surface area contributed by atoms with E-state index in [2.05, 4.69) is 48.4 Å². The molecule has 3 aromatic heterocycles. The van der Waals surface area contributed by atoms with Gasteiger partial charge < -0.3 is 14.1 Å². The van der Waals surface area contributed by atoms with Crippen molar-refractivity contribution in [3.05, 3.63) is 55.2 Å². The molecular weight excluding hydrogens is 398 g/mol. The van der Waals surface area contributed by atoms with Gasteiger partial charge >= 0.3 is 0 Å². The maximum atomic E-state index is 5.79. The van der Waals surface area contributed by atoms with E-state index in [4.69, 9.17) is 9.15 Å². The first-order chi connectivity index (χ1) is 14.9. The minimum absolute atomic E-state index is 0.637. The van der Waals surface area contributed by atoms with Crippen LogP contribution in [-0.2, 0) is 0 Å². The molecule has 30 heavy (non-hydrogen) atoms. The molecule has 0 N–H and O–H groups in total. The molecule has 0 saturated carbocycles. The summed E-state index contributed by atoms with van der Waals surface area (Å²) in [6, 6.07) is 12.3. The van der Waals surface area contributed by atoms with E-state index in [-0.39, 0.29) is 0 Å². The summed E-state index contributed by atoms with van der Waals surface area (Å²) in [5, 5.41) is 1.27. The van der Waals surface area contributed by atoms with Gasteiger partial charge in [-0.15, -0.1) is 0 Å². The molecular formula is C22H23N5O2S. The average Bonchev–Trinajstić information content (AvgIpc) is 3.48. The molecule has 0 spiro atoms. The second kappa shape index (κ2) is 8.81. The molecule has 1 aliphatic heterocycles. The Morgan fingerprint density at radius 3 is 2.73 bits per heavy atom. The largest absolute Gasteiger partial charge is 0.478 e. The predicted octanol–water partition coefficient (Wildman–Crippen LogP) is 3.94. The molecule has 1 fully saturated rings. The fourth-order valence-corrected chi connectivity index (χ4v) is 4.51. The van der Waals surface area contributed by atoms with Crippen LogP contribution in [0.4, 0.5) is 5.82 Å². The Labute approximate surface area is 179 Å². The zero-order valence-electron chi connectivity index (χ0n) is 16.6. The van der Waals surface area contributed by atoms with Crippen LogP contribution in [0, 0.1) is 0 Å². The molecule has 5 rings (SSSR count). The summed E-state index contributed by atoms with van der Waals surface area (Å²) in [6.45, 7) is 5.82. The van der Waals surface area contributed by atoms with E-state index in [1.54, 1.807) is 23.9 Å². The topological polar surface area (TPSA) is 67.5 Å². The summed E-state index contributed by atoms with van der Waals surface area (Å²) in [5.41, 5.74) is 0.894. The molecule has 7 nitrogen and oxygen atoms in total. The number of benzene rings is 1. The summed E-state index contributed by atoms with van der Waals surface area (Å²) in [6.07, 6.45) is 5.81. The number of ether oxygens (including phenoxy) is 1. The number of pyridine rings is 1. The molecule has 0 unspecified atom stereocenters. The van der Waals surface area contributed by atoms with Crippen LogP contribution in [0.1, 0.15) is 6.42 Å². The van der Waals surface area contributed by atoms with Crippen molar-refractivity contribution >= 4 is 27.4 Å². The van der Waals surface area contributed by atoms with Crippen molar-refractivity contribution in [3.63, 3.8) is 0 Å². The van der Waals surface area contributed by atoms with E-state index in [9.17, 15) is 0 Å². The Hall–Kier alpha value is -2.97. The average molecular weight is 422 g/mol. The third-order valence-corrected chi connectivity index (χ3v) is 6.17. The number of anilines is 1. The first-order valence-electron chi connectivity index (χ1n) is 10.2. The van der Waals surface area contributed by atoms with Crippen LogP contribution in [0.2, 0.25) is 0 Å². The lowest BCUT2D eigenvalue weighted by molar-refractivity contribution is 0.222. The number of rotatable bonds is 7. The number of aromatic nitrogens is 3. The van der Waals surface area contributed by atoms with E-state index in [0.29, 0.717) is 18.2 Å². The van der Waals surface area contributed by atoms with Gasteiger partial charge in [-0.2, -0.15) is 4.37 Å². The molecule has 0 radical (unpaired) electrons. The Morgan fingerprint density at radius 1 is 1.03 bits per heavy atom. The first kappa shape index (κ1) is 19.0. The Kier molecular flexibility index (Phi) is 5.58. The second-order valence-electron chi connectivity index (χ2n) is 7.28. The molecule has 8 heteroatoms. The number of nitrogens with zero attached hydrogens (tertiary/aromatic N) is 5. The number of fused-ring (bicyclic) bond motifs is 1. The monoisotopic (exact) mass is 421 g/mol. The summed E-state index contributed by atoms with van der Waals surface area (Å²) in [7, 11) is 0. The van der Waals surface area contributed by atoms with Gasteiger partial charge in [-0.25, -0.2) is 9.97 Å². The van der Waals surface area contributed by atoms with Gasteiger partial charge in [0.15, 0.2) is 12.2 Å². The highest BCUT2D eigenvalue weighted by atomic mass is 32.1. The summed E-state index contributed by atoms with van der Waals surface area (Å²) >= 11 is 1.59. The molecule has 1 aromatic carbocycles. The van der Waals surface area contributed by atoms with Crippen LogP contribution in [0.15, 0.2) is 59.6 Å². The van der Waals surface area contributed by atoms with Gasteiger partial charge in [0.25, 0.3) is 0 Å². The zero-order valence-corrected chi connectivity index (χ0v) is 17.4. The Bertz CT molecular complexity index is 1070. The van der Waals surface area contributed by atoms with Crippen molar-refractivity contribution in [2.24, 2.45) is 0 Å². The fraction of sp³-hybridized carbons (Fsp3) is 0.318. The van der Waals surface area contributed by atoms with Gasteiger partial charge in [0.2, 0.25) is 5.88 Å². The molecule has 1 aliphatic rings. The zero-order chi connectivity index (χ0) is 20.2. The van der Waals surface area contributed by atoms with E-state index in [0.717, 1.165) is 50.5 Å². The van der Waals surface area contributed by atoms with Crippen LogP contribution in [0.25, 0.3) is 21.4 Å². The molecule has 1 saturated heterocycles. The first-order valence-corrected chi connectivity index (χ1v) is 10.9. The lowest BCUT2D eigenvalue weighted by Gasteiger charge is -2.35. The maximum Gasteiger partial charge on any atom is 0.213 e. The predicted molar refractivity (Wildman–Crippen MR) is 118 cm³/mol. The smallest absolute Gasteiger partial charge is 0.213 e. The number of hydrogen-bond donors (Lipinski definition) is 0. The minimum atomic E-state index is 0.637. The number of oxazole rings is 1. The number of hydrogen-bond acceptors (Lipinski definition) is 8. The van der Waals surface area contributed by atoms with Crippen molar-refractivity contribution < 1.29 is 9.15 Å². The highest BCUT2D eigenvalue weighted by Gasteiger charge is 2.20. The van der Waals surface area contributed by atoms with Crippen molar-refractivity contribution in [3.8, 4) is 17.2 Å². The fourth-order valence-electron chi connectivity index (χ4n) is 3.72. The molecule has 0 aliphatic carbocycles. The van der Waals surface area contributed by atoms with Crippen LogP contribution in [0.3, 0.4) is 0 Å². The SMILES string of the molecule is c1ccc2c(N3CCN(CCCOc4ccc(-c5cnco5)cn4)CC3)nsc2c1. The van der Waals surface area contributed by atoms with Crippen molar-refractivity contribution in [2.45, 2.75) is 6.42 Å². The van der Waals surface area contributed by atoms with Gasteiger partial charge in [0.1, 0.15) is 5.82 Å². The molecule has 154 valence electrons. The van der Waals surface area contributed by atoms with Crippen molar-refractivity contribution in [1.29, 1.82) is 0 Å². The van der Waals surface area contributed by atoms with Crippen LogP contribution in [0.5, 0.6) is 5.88 Å². The van der Waals surface area contributed by atoms with Crippen LogP contribution >= 0.6 is 11.5 Å². The van der Waals surface area contributed by atoms with E-state index >= 15 is 0 Å². The second-order valence-corrected chi connectivity index (χ2v) is 8.09. The number of piperazine rings is 1. The summed E-state index contributed by atoms with van der Waals surface area (Å²) in [5.74, 6) is 2.48. The summed E-state index contributed by atoms with van der Waals surface area (Å²) < 4.78 is 17.0.